The molecule has 1 aliphatic rings. The van der Waals surface area contributed by atoms with Crippen LogP contribution < -0.4 is 5.32 Å². The molecule has 21 heavy (non-hydrogen) atoms. The number of methoxy groups -OCH3 is 1. The van der Waals surface area contributed by atoms with Crippen molar-refractivity contribution in [3.8, 4) is 11.4 Å². The van der Waals surface area contributed by atoms with Crippen LogP contribution in [0.25, 0.3) is 11.4 Å². The molecule has 0 bridgehead atoms. The first-order valence-corrected chi connectivity index (χ1v) is 7.18. The van der Waals surface area contributed by atoms with Crippen LogP contribution in [0.1, 0.15) is 12.8 Å². The van der Waals surface area contributed by atoms with Crippen molar-refractivity contribution in [2.75, 3.05) is 7.11 Å². The van der Waals surface area contributed by atoms with Crippen molar-refractivity contribution in [2.24, 2.45) is 0 Å². The molecule has 1 unspecified atom stereocenters. The van der Waals surface area contributed by atoms with Crippen LogP contribution >= 0.6 is 0 Å². The van der Waals surface area contributed by atoms with Gasteiger partial charge in [-0.05, 0) is 12.8 Å². The number of hydrogen-bond acceptors (Lipinski definition) is 4. The molecule has 1 heterocycles. The third-order valence-electron chi connectivity index (χ3n) is 3.63. The van der Waals surface area contributed by atoms with Crippen LogP contribution in [0.4, 0.5) is 0 Å². The van der Waals surface area contributed by atoms with Crippen LogP contribution in [-0.4, -0.2) is 34.7 Å². The number of benzene rings is 1. The summed E-state index contributed by atoms with van der Waals surface area (Å²) < 4.78 is 6.89. The quantitative estimate of drug-likeness (QED) is 0.823. The zero-order valence-corrected chi connectivity index (χ0v) is 12.0. The first kappa shape index (κ1) is 13.8. The Hall–Kier alpha value is -2.14. The Balaban J connectivity index is 1.80. The van der Waals surface area contributed by atoms with E-state index in [1.54, 1.807) is 6.20 Å². The number of nitrogens with zero attached hydrogens (tertiary/aromatic N) is 2. The van der Waals surface area contributed by atoms with Gasteiger partial charge < -0.3 is 14.6 Å². The van der Waals surface area contributed by atoms with Gasteiger partial charge in [-0.3, -0.25) is 4.79 Å². The van der Waals surface area contributed by atoms with E-state index >= 15 is 0 Å². The summed E-state index contributed by atoms with van der Waals surface area (Å²) in [6.45, 7) is 0.521. The van der Waals surface area contributed by atoms with Crippen LogP contribution in [-0.2, 0) is 16.1 Å². The molecule has 1 aromatic heterocycles. The maximum absolute atomic E-state index is 11.9. The van der Waals surface area contributed by atoms with Gasteiger partial charge in [0.1, 0.15) is 11.9 Å². The zero-order chi connectivity index (χ0) is 14.7. The first-order chi connectivity index (χ1) is 10.3. The van der Waals surface area contributed by atoms with Gasteiger partial charge in [-0.15, -0.1) is 0 Å². The number of rotatable bonds is 6. The van der Waals surface area contributed by atoms with Crippen molar-refractivity contribution in [1.82, 2.24) is 14.9 Å². The van der Waals surface area contributed by atoms with Gasteiger partial charge in [-0.25, -0.2) is 4.98 Å². The Morgan fingerprint density at radius 1 is 1.43 bits per heavy atom. The fraction of sp³-hybridized carbons (Fsp3) is 0.375. The van der Waals surface area contributed by atoms with Crippen molar-refractivity contribution in [2.45, 2.75) is 31.5 Å². The summed E-state index contributed by atoms with van der Waals surface area (Å²) in [7, 11) is 1.43. The molecule has 1 fully saturated rings. The fourth-order valence-electron chi connectivity index (χ4n) is 2.37. The van der Waals surface area contributed by atoms with E-state index in [-0.39, 0.29) is 12.0 Å². The second kappa shape index (κ2) is 6.10. The van der Waals surface area contributed by atoms with Crippen molar-refractivity contribution in [3.63, 3.8) is 0 Å². The van der Waals surface area contributed by atoms with Gasteiger partial charge in [0.25, 0.3) is 0 Å². The lowest BCUT2D eigenvalue weighted by molar-refractivity contribution is -0.143. The lowest BCUT2D eigenvalue weighted by Gasteiger charge is -2.18. The smallest absolute Gasteiger partial charge is 0.324 e. The van der Waals surface area contributed by atoms with E-state index in [1.807, 2.05) is 41.1 Å². The summed E-state index contributed by atoms with van der Waals surface area (Å²) in [4.78, 5) is 16.3. The van der Waals surface area contributed by atoms with Crippen LogP contribution in [0.2, 0.25) is 0 Å². The maximum atomic E-state index is 11.9. The van der Waals surface area contributed by atoms with Crippen molar-refractivity contribution < 1.29 is 9.53 Å². The van der Waals surface area contributed by atoms with Gasteiger partial charge in [0, 0.05) is 24.0 Å². The second-order valence-electron chi connectivity index (χ2n) is 5.29. The molecule has 0 saturated heterocycles. The summed E-state index contributed by atoms with van der Waals surface area (Å²) in [5.74, 6) is 0.636. The number of imidazole rings is 1. The Morgan fingerprint density at radius 2 is 2.19 bits per heavy atom. The first-order valence-electron chi connectivity index (χ1n) is 7.18. The SMILES string of the molecule is COC(=O)C(Cn1ccnc1-c1ccccc1)NC1CC1. The Labute approximate surface area is 124 Å². The summed E-state index contributed by atoms with van der Waals surface area (Å²) in [6.07, 6.45) is 5.91. The van der Waals surface area contributed by atoms with Gasteiger partial charge in [-0.2, -0.15) is 0 Å². The predicted molar refractivity (Wildman–Crippen MR) is 79.6 cm³/mol. The third kappa shape index (κ3) is 3.31. The number of nitrogens with one attached hydrogen (secondary N) is 1. The number of ether oxygens (including phenoxy) is 1. The number of carbonyl (C=O) groups excluding carboxylic acids is 1. The second-order valence-corrected chi connectivity index (χ2v) is 5.29. The fourth-order valence-corrected chi connectivity index (χ4v) is 2.37. The minimum absolute atomic E-state index is 0.227. The average Bonchev–Trinajstić information content (AvgIpc) is 3.22. The normalized spacial score (nSPS) is 15.7. The van der Waals surface area contributed by atoms with Gasteiger partial charge in [0.2, 0.25) is 0 Å². The van der Waals surface area contributed by atoms with Crippen LogP contribution in [0, 0.1) is 0 Å². The van der Waals surface area contributed by atoms with E-state index in [9.17, 15) is 4.79 Å². The molecule has 0 spiro atoms. The van der Waals surface area contributed by atoms with Gasteiger partial charge in [0.05, 0.1) is 13.7 Å². The van der Waals surface area contributed by atoms with Crippen molar-refractivity contribution in [1.29, 1.82) is 0 Å². The number of carbonyl (C=O) groups is 1. The van der Waals surface area contributed by atoms with E-state index in [0.29, 0.717) is 12.6 Å². The highest BCUT2D eigenvalue weighted by Gasteiger charge is 2.29. The zero-order valence-electron chi connectivity index (χ0n) is 12.0. The van der Waals surface area contributed by atoms with E-state index in [4.69, 9.17) is 4.74 Å². The lowest BCUT2D eigenvalue weighted by atomic mass is 10.2. The Bertz CT molecular complexity index is 605. The molecule has 5 nitrogen and oxygen atoms in total. The largest absolute Gasteiger partial charge is 0.468 e. The molecule has 0 aliphatic heterocycles. The predicted octanol–water partition coefficient (Wildman–Crippen LogP) is 1.84. The van der Waals surface area contributed by atoms with Crippen LogP contribution in [0.15, 0.2) is 42.7 Å². The average molecular weight is 285 g/mol. The summed E-state index contributed by atoms with van der Waals surface area (Å²) in [6, 6.07) is 10.1. The summed E-state index contributed by atoms with van der Waals surface area (Å²) >= 11 is 0. The van der Waals surface area contributed by atoms with Crippen molar-refractivity contribution in [3.05, 3.63) is 42.7 Å². The number of esters is 1. The minimum Gasteiger partial charge on any atom is -0.468 e. The minimum atomic E-state index is -0.334. The van der Waals surface area contributed by atoms with E-state index in [1.165, 1.54) is 7.11 Å². The van der Waals surface area contributed by atoms with E-state index in [0.717, 1.165) is 24.2 Å². The topological polar surface area (TPSA) is 56.2 Å². The van der Waals surface area contributed by atoms with Crippen LogP contribution in [0.3, 0.4) is 0 Å². The molecule has 1 N–H and O–H groups in total. The standard InChI is InChI=1S/C16H19N3O2/c1-21-16(20)14(18-13-7-8-13)11-19-10-9-17-15(19)12-5-3-2-4-6-12/h2-6,9-10,13-14,18H,7-8,11H2,1H3. The molecule has 1 aromatic carbocycles. The van der Waals surface area contributed by atoms with Crippen LogP contribution in [0.5, 0.6) is 0 Å². The third-order valence-corrected chi connectivity index (χ3v) is 3.63. The molecule has 3 rings (SSSR count). The number of hydrogen-bond donors (Lipinski definition) is 1. The summed E-state index contributed by atoms with van der Waals surface area (Å²) in [5.41, 5.74) is 1.04. The Kier molecular flexibility index (Phi) is 4.01. The molecular formula is C16H19N3O2. The molecular weight excluding hydrogens is 266 g/mol. The molecule has 2 aromatic rings. The van der Waals surface area contributed by atoms with E-state index < -0.39 is 0 Å². The van der Waals surface area contributed by atoms with Crippen molar-refractivity contribution >= 4 is 5.97 Å². The molecule has 1 saturated carbocycles. The molecule has 1 atom stereocenters. The lowest BCUT2D eigenvalue weighted by Crippen LogP contribution is -2.42. The molecule has 1 aliphatic carbocycles. The highest BCUT2D eigenvalue weighted by atomic mass is 16.5. The number of aromatic nitrogens is 2. The van der Waals surface area contributed by atoms with Gasteiger partial charge in [0.15, 0.2) is 0 Å². The van der Waals surface area contributed by atoms with Gasteiger partial charge in [-0.1, -0.05) is 30.3 Å². The molecule has 0 radical (unpaired) electrons. The molecule has 0 amide bonds. The summed E-state index contributed by atoms with van der Waals surface area (Å²) in [5, 5.41) is 3.34. The highest BCUT2D eigenvalue weighted by Crippen LogP contribution is 2.21. The maximum Gasteiger partial charge on any atom is 0.324 e. The highest BCUT2D eigenvalue weighted by molar-refractivity contribution is 5.75. The van der Waals surface area contributed by atoms with E-state index in [2.05, 4.69) is 10.3 Å². The Morgan fingerprint density at radius 3 is 2.86 bits per heavy atom. The molecule has 110 valence electrons. The molecule has 5 heteroatoms. The van der Waals surface area contributed by atoms with Gasteiger partial charge >= 0.3 is 5.97 Å². The monoisotopic (exact) mass is 285 g/mol.